The van der Waals surface area contributed by atoms with Crippen molar-refractivity contribution >= 4 is 11.9 Å². The second-order valence-corrected chi connectivity index (χ2v) is 5.76. The van der Waals surface area contributed by atoms with Crippen molar-refractivity contribution in [2.24, 2.45) is 0 Å². The van der Waals surface area contributed by atoms with Crippen molar-refractivity contribution in [3.05, 3.63) is 65.2 Å². The standard InChI is InChI=1S/C20H23NO5/c1-3-25-18-10-6-15(7-11-18)12-21(2)19(23)14-26-20(24)17-8-4-16(13-22)5-9-17/h4-11,22H,3,12-14H2,1-2H3. The van der Waals surface area contributed by atoms with Crippen molar-refractivity contribution in [2.45, 2.75) is 20.1 Å². The summed E-state index contributed by atoms with van der Waals surface area (Å²) in [5.41, 5.74) is 1.99. The summed E-state index contributed by atoms with van der Waals surface area (Å²) in [6, 6.07) is 13.9. The predicted molar refractivity (Wildman–Crippen MR) is 96.7 cm³/mol. The van der Waals surface area contributed by atoms with Crippen LogP contribution >= 0.6 is 0 Å². The number of esters is 1. The Kier molecular flexibility index (Phi) is 7.17. The van der Waals surface area contributed by atoms with E-state index in [9.17, 15) is 9.59 Å². The third kappa shape index (κ3) is 5.60. The lowest BCUT2D eigenvalue weighted by Gasteiger charge is -2.17. The summed E-state index contributed by atoms with van der Waals surface area (Å²) < 4.78 is 10.4. The Bertz CT molecular complexity index is 725. The maximum absolute atomic E-state index is 12.1. The number of amides is 1. The van der Waals surface area contributed by atoms with Gasteiger partial charge < -0.3 is 19.5 Å². The van der Waals surface area contributed by atoms with Crippen LogP contribution in [0.1, 0.15) is 28.4 Å². The van der Waals surface area contributed by atoms with Gasteiger partial charge in [-0.2, -0.15) is 0 Å². The third-order valence-electron chi connectivity index (χ3n) is 3.78. The van der Waals surface area contributed by atoms with Gasteiger partial charge in [-0.05, 0) is 42.3 Å². The summed E-state index contributed by atoms with van der Waals surface area (Å²) >= 11 is 0. The Morgan fingerprint density at radius 3 is 2.19 bits per heavy atom. The minimum absolute atomic E-state index is 0.0931. The molecule has 1 N–H and O–H groups in total. The Hall–Kier alpha value is -2.86. The smallest absolute Gasteiger partial charge is 0.338 e. The van der Waals surface area contributed by atoms with Crippen LogP contribution in [0.4, 0.5) is 0 Å². The highest BCUT2D eigenvalue weighted by molar-refractivity contribution is 5.91. The van der Waals surface area contributed by atoms with E-state index < -0.39 is 5.97 Å². The van der Waals surface area contributed by atoms with Gasteiger partial charge in [0, 0.05) is 13.6 Å². The molecule has 6 nitrogen and oxygen atoms in total. The van der Waals surface area contributed by atoms with Crippen LogP contribution in [-0.2, 0) is 22.7 Å². The van der Waals surface area contributed by atoms with Gasteiger partial charge in [-0.1, -0.05) is 24.3 Å². The number of rotatable bonds is 8. The number of hydrogen-bond acceptors (Lipinski definition) is 5. The van der Waals surface area contributed by atoms with E-state index in [0.29, 0.717) is 24.3 Å². The molecule has 0 heterocycles. The van der Waals surface area contributed by atoms with Crippen LogP contribution in [-0.4, -0.2) is 42.1 Å². The van der Waals surface area contributed by atoms with Gasteiger partial charge in [-0.3, -0.25) is 4.79 Å². The van der Waals surface area contributed by atoms with E-state index in [4.69, 9.17) is 14.6 Å². The Morgan fingerprint density at radius 2 is 1.62 bits per heavy atom. The van der Waals surface area contributed by atoms with Gasteiger partial charge in [-0.25, -0.2) is 4.79 Å². The highest BCUT2D eigenvalue weighted by Crippen LogP contribution is 2.13. The molecule has 0 aromatic heterocycles. The van der Waals surface area contributed by atoms with Gasteiger partial charge in [0.25, 0.3) is 5.91 Å². The second-order valence-electron chi connectivity index (χ2n) is 5.76. The minimum Gasteiger partial charge on any atom is -0.494 e. The van der Waals surface area contributed by atoms with Crippen LogP contribution in [0.3, 0.4) is 0 Å². The molecule has 0 radical (unpaired) electrons. The molecule has 0 aliphatic carbocycles. The zero-order valence-electron chi connectivity index (χ0n) is 15.0. The normalized spacial score (nSPS) is 10.3. The van der Waals surface area contributed by atoms with E-state index in [1.807, 2.05) is 31.2 Å². The first-order valence-electron chi connectivity index (χ1n) is 8.36. The molecule has 0 saturated carbocycles. The monoisotopic (exact) mass is 357 g/mol. The summed E-state index contributed by atoms with van der Waals surface area (Å²) in [6.45, 7) is 2.51. The fourth-order valence-corrected chi connectivity index (χ4v) is 2.29. The fraction of sp³-hybridized carbons (Fsp3) is 0.300. The number of aliphatic hydroxyl groups is 1. The summed E-state index contributed by atoms with van der Waals surface area (Å²) in [4.78, 5) is 25.6. The quantitative estimate of drug-likeness (QED) is 0.734. The molecule has 0 aliphatic heterocycles. The first-order chi connectivity index (χ1) is 12.5. The summed E-state index contributed by atoms with van der Waals surface area (Å²) in [6.07, 6.45) is 0. The summed E-state index contributed by atoms with van der Waals surface area (Å²) in [5, 5.41) is 8.99. The molecule has 0 fully saturated rings. The molecule has 26 heavy (non-hydrogen) atoms. The van der Waals surface area contributed by atoms with Gasteiger partial charge >= 0.3 is 5.97 Å². The molecule has 0 saturated heterocycles. The molecule has 0 spiro atoms. The lowest BCUT2D eigenvalue weighted by molar-refractivity contribution is -0.133. The predicted octanol–water partition coefficient (Wildman–Crippen LogP) is 2.39. The highest BCUT2D eigenvalue weighted by Gasteiger charge is 2.14. The van der Waals surface area contributed by atoms with Crippen molar-refractivity contribution in [3.63, 3.8) is 0 Å². The molecule has 2 aromatic carbocycles. The van der Waals surface area contributed by atoms with Gasteiger partial charge in [0.1, 0.15) is 5.75 Å². The average molecular weight is 357 g/mol. The number of hydrogen-bond donors (Lipinski definition) is 1. The topological polar surface area (TPSA) is 76.1 Å². The number of aliphatic hydroxyl groups excluding tert-OH is 1. The van der Waals surface area contributed by atoms with Gasteiger partial charge in [0.05, 0.1) is 18.8 Å². The van der Waals surface area contributed by atoms with E-state index in [0.717, 1.165) is 11.3 Å². The largest absolute Gasteiger partial charge is 0.494 e. The maximum Gasteiger partial charge on any atom is 0.338 e. The molecule has 0 atom stereocenters. The van der Waals surface area contributed by atoms with Gasteiger partial charge in [-0.15, -0.1) is 0 Å². The number of ether oxygens (including phenoxy) is 2. The van der Waals surface area contributed by atoms with E-state index in [1.165, 1.54) is 4.90 Å². The zero-order valence-corrected chi connectivity index (χ0v) is 15.0. The van der Waals surface area contributed by atoms with Crippen LogP contribution < -0.4 is 4.74 Å². The zero-order chi connectivity index (χ0) is 18.9. The molecular weight excluding hydrogens is 334 g/mol. The van der Waals surface area contributed by atoms with Crippen LogP contribution in [0, 0.1) is 0 Å². The fourth-order valence-electron chi connectivity index (χ4n) is 2.29. The third-order valence-corrected chi connectivity index (χ3v) is 3.78. The number of nitrogens with zero attached hydrogens (tertiary/aromatic N) is 1. The molecule has 1 amide bonds. The van der Waals surface area contributed by atoms with E-state index >= 15 is 0 Å². The van der Waals surface area contributed by atoms with Crippen LogP contribution in [0.5, 0.6) is 5.75 Å². The molecule has 138 valence electrons. The maximum atomic E-state index is 12.1. The van der Waals surface area contributed by atoms with Gasteiger partial charge in [0.2, 0.25) is 0 Å². The number of carbonyl (C=O) groups is 2. The average Bonchev–Trinajstić information content (AvgIpc) is 2.67. The molecule has 0 bridgehead atoms. The molecule has 2 aromatic rings. The lowest BCUT2D eigenvalue weighted by Crippen LogP contribution is -2.30. The first-order valence-corrected chi connectivity index (χ1v) is 8.36. The van der Waals surface area contributed by atoms with Gasteiger partial charge in [0.15, 0.2) is 6.61 Å². The molecule has 0 aliphatic rings. The lowest BCUT2D eigenvalue weighted by atomic mass is 10.1. The summed E-state index contributed by atoms with van der Waals surface area (Å²) in [5.74, 6) is -0.0807. The van der Waals surface area contributed by atoms with E-state index in [2.05, 4.69) is 0 Å². The Morgan fingerprint density at radius 1 is 1.00 bits per heavy atom. The molecule has 6 heteroatoms. The van der Waals surface area contributed by atoms with Crippen LogP contribution in [0.2, 0.25) is 0 Å². The highest BCUT2D eigenvalue weighted by atomic mass is 16.5. The van der Waals surface area contributed by atoms with Crippen molar-refractivity contribution < 1.29 is 24.2 Å². The number of carbonyl (C=O) groups excluding carboxylic acids is 2. The molecule has 2 rings (SSSR count). The van der Waals surface area contributed by atoms with Crippen molar-refractivity contribution in [1.29, 1.82) is 0 Å². The first kappa shape index (κ1) is 19.5. The number of likely N-dealkylation sites (N-methyl/N-ethyl adjacent to an activating group) is 1. The van der Waals surface area contributed by atoms with Crippen molar-refractivity contribution in [3.8, 4) is 5.75 Å². The minimum atomic E-state index is -0.572. The molecule has 0 unspecified atom stereocenters. The van der Waals surface area contributed by atoms with E-state index in [-0.39, 0.29) is 19.1 Å². The van der Waals surface area contributed by atoms with Crippen molar-refractivity contribution in [1.82, 2.24) is 4.90 Å². The van der Waals surface area contributed by atoms with Crippen molar-refractivity contribution in [2.75, 3.05) is 20.3 Å². The SMILES string of the molecule is CCOc1ccc(CN(C)C(=O)COC(=O)c2ccc(CO)cc2)cc1. The number of benzene rings is 2. The molecular formula is C20H23NO5. The summed E-state index contributed by atoms with van der Waals surface area (Å²) in [7, 11) is 1.66. The Labute approximate surface area is 153 Å². The second kappa shape index (κ2) is 9.58. The van der Waals surface area contributed by atoms with Crippen LogP contribution in [0.25, 0.3) is 0 Å². The van der Waals surface area contributed by atoms with Crippen LogP contribution in [0.15, 0.2) is 48.5 Å². The van der Waals surface area contributed by atoms with E-state index in [1.54, 1.807) is 31.3 Å². The Balaban J connectivity index is 1.83.